The Morgan fingerprint density at radius 3 is 2.25 bits per heavy atom. The molecule has 0 amide bonds. The van der Waals surface area contributed by atoms with Crippen LogP contribution in [0.1, 0.15) is 31.0 Å². The molecular weight excluding hydrogens is 196 g/mol. The standard InChI is InChI=1S/C14H16N2/c1-10(2)13-7-5-12(9-16-13)14-6-4-11(3)8-15-14/h4-10H,1-3H3. The van der Waals surface area contributed by atoms with Crippen LogP contribution in [0.25, 0.3) is 11.3 Å². The molecule has 0 aliphatic carbocycles. The topological polar surface area (TPSA) is 25.8 Å². The predicted molar refractivity (Wildman–Crippen MR) is 66.3 cm³/mol. The molecule has 2 nitrogen and oxygen atoms in total. The lowest BCUT2D eigenvalue weighted by Crippen LogP contribution is -1.92. The van der Waals surface area contributed by atoms with E-state index in [4.69, 9.17) is 0 Å². The maximum absolute atomic E-state index is 4.44. The Hall–Kier alpha value is -1.70. The average Bonchev–Trinajstić information content (AvgIpc) is 2.30. The summed E-state index contributed by atoms with van der Waals surface area (Å²) in [5.41, 5.74) is 4.35. The Kier molecular flexibility index (Phi) is 3.00. The third-order valence-electron chi connectivity index (χ3n) is 2.59. The van der Waals surface area contributed by atoms with E-state index < -0.39 is 0 Å². The Bertz CT molecular complexity index is 455. The number of aromatic nitrogens is 2. The first-order valence-corrected chi connectivity index (χ1v) is 5.56. The molecule has 82 valence electrons. The molecule has 2 heteroatoms. The zero-order valence-corrected chi connectivity index (χ0v) is 9.94. The summed E-state index contributed by atoms with van der Waals surface area (Å²) in [6, 6.07) is 8.25. The van der Waals surface area contributed by atoms with Crippen molar-refractivity contribution in [3.05, 3.63) is 47.9 Å². The van der Waals surface area contributed by atoms with Gasteiger partial charge in [-0.05, 0) is 36.6 Å². The van der Waals surface area contributed by atoms with Gasteiger partial charge in [0.05, 0.1) is 5.69 Å². The molecule has 0 spiro atoms. The molecule has 2 rings (SSSR count). The van der Waals surface area contributed by atoms with Crippen molar-refractivity contribution in [1.29, 1.82) is 0 Å². The molecule has 0 saturated carbocycles. The highest BCUT2D eigenvalue weighted by molar-refractivity contribution is 5.57. The molecule has 2 aromatic heterocycles. The Labute approximate surface area is 96.4 Å². The van der Waals surface area contributed by atoms with E-state index in [-0.39, 0.29) is 0 Å². The minimum absolute atomic E-state index is 0.472. The molecule has 16 heavy (non-hydrogen) atoms. The first kappa shape index (κ1) is 10.8. The minimum Gasteiger partial charge on any atom is -0.260 e. The van der Waals surface area contributed by atoms with Gasteiger partial charge in [-0.15, -0.1) is 0 Å². The molecule has 0 unspecified atom stereocenters. The first-order valence-electron chi connectivity index (χ1n) is 5.56. The highest BCUT2D eigenvalue weighted by Gasteiger charge is 2.02. The van der Waals surface area contributed by atoms with E-state index in [1.54, 1.807) is 0 Å². The summed E-state index contributed by atoms with van der Waals surface area (Å²) in [6.07, 6.45) is 3.78. The monoisotopic (exact) mass is 212 g/mol. The Balaban J connectivity index is 2.31. The van der Waals surface area contributed by atoms with Crippen LogP contribution in [0.2, 0.25) is 0 Å². The molecule has 0 fully saturated rings. The van der Waals surface area contributed by atoms with Gasteiger partial charge in [-0.1, -0.05) is 19.9 Å². The quantitative estimate of drug-likeness (QED) is 0.760. The van der Waals surface area contributed by atoms with Crippen molar-refractivity contribution in [3.8, 4) is 11.3 Å². The van der Waals surface area contributed by atoms with Crippen molar-refractivity contribution in [3.63, 3.8) is 0 Å². The van der Waals surface area contributed by atoms with Crippen LogP contribution in [0, 0.1) is 6.92 Å². The molecule has 0 bridgehead atoms. The van der Waals surface area contributed by atoms with Crippen LogP contribution in [-0.4, -0.2) is 9.97 Å². The smallest absolute Gasteiger partial charge is 0.0717 e. The number of nitrogens with zero attached hydrogens (tertiary/aromatic N) is 2. The van der Waals surface area contributed by atoms with E-state index in [1.165, 1.54) is 5.56 Å². The summed E-state index contributed by atoms with van der Waals surface area (Å²) in [7, 11) is 0. The maximum atomic E-state index is 4.44. The molecule has 0 aliphatic rings. The molecular formula is C14H16N2. The molecule has 0 aliphatic heterocycles. The molecule has 0 N–H and O–H groups in total. The second kappa shape index (κ2) is 4.44. The fourth-order valence-electron chi connectivity index (χ4n) is 1.54. The lowest BCUT2D eigenvalue weighted by atomic mass is 10.1. The van der Waals surface area contributed by atoms with Gasteiger partial charge in [0.1, 0.15) is 0 Å². The third-order valence-corrected chi connectivity index (χ3v) is 2.59. The number of hydrogen-bond donors (Lipinski definition) is 0. The van der Waals surface area contributed by atoms with E-state index in [9.17, 15) is 0 Å². The lowest BCUT2D eigenvalue weighted by Gasteiger charge is -2.05. The summed E-state index contributed by atoms with van der Waals surface area (Å²) in [5, 5.41) is 0. The average molecular weight is 212 g/mol. The van der Waals surface area contributed by atoms with E-state index >= 15 is 0 Å². The van der Waals surface area contributed by atoms with Crippen LogP contribution >= 0.6 is 0 Å². The maximum Gasteiger partial charge on any atom is 0.0717 e. The van der Waals surface area contributed by atoms with Crippen molar-refractivity contribution >= 4 is 0 Å². The van der Waals surface area contributed by atoms with Gasteiger partial charge < -0.3 is 0 Å². The number of aryl methyl sites for hydroxylation is 1. The second-order valence-corrected chi connectivity index (χ2v) is 4.35. The van der Waals surface area contributed by atoms with E-state index in [0.717, 1.165) is 17.0 Å². The Morgan fingerprint density at radius 1 is 0.938 bits per heavy atom. The summed E-state index contributed by atoms with van der Waals surface area (Å²) in [5.74, 6) is 0.472. The van der Waals surface area contributed by atoms with Crippen molar-refractivity contribution in [2.45, 2.75) is 26.7 Å². The van der Waals surface area contributed by atoms with E-state index in [2.05, 4.69) is 42.0 Å². The van der Waals surface area contributed by atoms with Crippen molar-refractivity contribution in [2.75, 3.05) is 0 Å². The lowest BCUT2D eigenvalue weighted by molar-refractivity contribution is 0.823. The molecule has 2 heterocycles. The summed E-state index contributed by atoms with van der Waals surface area (Å²) >= 11 is 0. The first-order chi connectivity index (χ1) is 7.66. The van der Waals surface area contributed by atoms with Crippen LogP contribution in [0.15, 0.2) is 36.7 Å². The largest absolute Gasteiger partial charge is 0.260 e. The van der Waals surface area contributed by atoms with Gasteiger partial charge in [0.15, 0.2) is 0 Å². The fourth-order valence-corrected chi connectivity index (χ4v) is 1.54. The van der Waals surface area contributed by atoms with Gasteiger partial charge in [-0.2, -0.15) is 0 Å². The molecule has 0 radical (unpaired) electrons. The number of hydrogen-bond acceptors (Lipinski definition) is 2. The van der Waals surface area contributed by atoms with Crippen LogP contribution in [0.5, 0.6) is 0 Å². The van der Waals surface area contributed by atoms with Gasteiger partial charge in [0.2, 0.25) is 0 Å². The predicted octanol–water partition coefficient (Wildman–Crippen LogP) is 3.58. The highest BCUT2D eigenvalue weighted by Crippen LogP contribution is 2.18. The second-order valence-electron chi connectivity index (χ2n) is 4.35. The van der Waals surface area contributed by atoms with Crippen molar-refractivity contribution < 1.29 is 0 Å². The summed E-state index contributed by atoms with van der Waals surface area (Å²) in [4.78, 5) is 8.82. The number of rotatable bonds is 2. The van der Waals surface area contributed by atoms with Gasteiger partial charge >= 0.3 is 0 Å². The summed E-state index contributed by atoms with van der Waals surface area (Å²) in [6.45, 7) is 6.33. The van der Waals surface area contributed by atoms with Gasteiger partial charge in [0, 0.05) is 23.7 Å². The van der Waals surface area contributed by atoms with Gasteiger partial charge in [0.25, 0.3) is 0 Å². The van der Waals surface area contributed by atoms with Crippen molar-refractivity contribution in [1.82, 2.24) is 9.97 Å². The molecule has 2 aromatic rings. The Morgan fingerprint density at radius 2 is 1.75 bits per heavy atom. The third kappa shape index (κ3) is 2.27. The van der Waals surface area contributed by atoms with E-state index in [1.807, 2.05) is 25.4 Å². The van der Waals surface area contributed by atoms with Crippen LogP contribution in [0.4, 0.5) is 0 Å². The minimum atomic E-state index is 0.472. The molecule has 0 aromatic carbocycles. The molecule has 0 atom stereocenters. The zero-order chi connectivity index (χ0) is 11.5. The number of pyridine rings is 2. The van der Waals surface area contributed by atoms with Gasteiger partial charge in [-0.25, -0.2) is 0 Å². The van der Waals surface area contributed by atoms with Gasteiger partial charge in [-0.3, -0.25) is 9.97 Å². The van der Waals surface area contributed by atoms with E-state index in [0.29, 0.717) is 5.92 Å². The fraction of sp³-hybridized carbons (Fsp3) is 0.286. The molecule has 0 saturated heterocycles. The zero-order valence-electron chi connectivity index (χ0n) is 9.94. The summed E-state index contributed by atoms with van der Waals surface area (Å²) < 4.78 is 0. The van der Waals surface area contributed by atoms with Crippen LogP contribution in [-0.2, 0) is 0 Å². The van der Waals surface area contributed by atoms with Crippen LogP contribution < -0.4 is 0 Å². The van der Waals surface area contributed by atoms with Crippen LogP contribution in [0.3, 0.4) is 0 Å². The van der Waals surface area contributed by atoms with Crippen molar-refractivity contribution in [2.24, 2.45) is 0 Å². The SMILES string of the molecule is Cc1ccc(-c2ccc(C(C)C)nc2)nc1. The highest BCUT2D eigenvalue weighted by atomic mass is 14.7. The normalized spacial score (nSPS) is 10.8.